The van der Waals surface area contributed by atoms with E-state index < -0.39 is 24.7 Å². The van der Waals surface area contributed by atoms with E-state index in [9.17, 15) is 22.8 Å². The summed E-state index contributed by atoms with van der Waals surface area (Å²) in [7, 11) is 0. The van der Waals surface area contributed by atoms with Gasteiger partial charge in [-0.25, -0.2) is 4.79 Å². The van der Waals surface area contributed by atoms with Gasteiger partial charge in [0, 0.05) is 13.0 Å². The molecule has 1 atom stereocenters. The van der Waals surface area contributed by atoms with E-state index in [-0.39, 0.29) is 24.8 Å². The van der Waals surface area contributed by atoms with Gasteiger partial charge in [-0.1, -0.05) is 13.8 Å². The summed E-state index contributed by atoms with van der Waals surface area (Å²) in [5.41, 5.74) is 0. The Balaban J connectivity index is 4.08. The van der Waals surface area contributed by atoms with E-state index in [1.165, 1.54) is 0 Å². The molecule has 0 aliphatic carbocycles. The van der Waals surface area contributed by atoms with Crippen molar-refractivity contribution in [2.24, 2.45) is 11.8 Å². The van der Waals surface area contributed by atoms with Gasteiger partial charge in [-0.2, -0.15) is 13.2 Å². The van der Waals surface area contributed by atoms with Crippen LogP contribution in [0.3, 0.4) is 0 Å². The van der Waals surface area contributed by atoms with Gasteiger partial charge in [-0.3, -0.25) is 4.79 Å². The molecule has 0 saturated heterocycles. The molecule has 0 aromatic rings. The number of carboxylic acid groups (broad SMARTS) is 1. The summed E-state index contributed by atoms with van der Waals surface area (Å²) < 4.78 is 35.5. The molecule has 0 saturated carbocycles. The Morgan fingerprint density at radius 1 is 1.21 bits per heavy atom. The number of carbonyl (C=O) groups is 2. The summed E-state index contributed by atoms with van der Waals surface area (Å²) in [5.74, 6) is -1.05. The molecule has 5 nitrogen and oxygen atoms in total. The molecule has 2 amide bonds. The van der Waals surface area contributed by atoms with Crippen LogP contribution in [0.4, 0.5) is 18.0 Å². The maximum Gasteiger partial charge on any atom is 0.405 e. The Kier molecular flexibility index (Phi) is 7.25. The highest BCUT2D eigenvalue weighted by molar-refractivity contribution is 5.74. The van der Waals surface area contributed by atoms with Crippen LogP contribution in [-0.2, 0) is 4.79 Å². The summed E-state index contributed by atoms with van der Waals surface area (Å²) in [6, 6.07) is -0.948. The zero-order valence-electron chi connectivity index (χ0n) is 10.9. The average Bonchev–Trinajstić information content (AvgIpc) is 2.20. The molecule has 0 aliphatic rings. The van der Waals surface area contributed by atoms with E-state index in [1.807, 2.05) is 13.8 Å². The number of nitrogens with one attached hydrogen (secondary N) is 2. The molecule has 0 heterocycles. The Labute approximate surface area is 109 Å². The topological polar surface area (TPSA) is 78.4 Å². The van der Waals surface area contributed by atoms with Crippen LogP contribution in [0.1, 0.15) is 26.7 Å². The lowest BCUT2D eigenvalue weighted by Gasteiger charge is -2.18. The number of hydrogen-bond acceptors (Lipinski definition) is 2. The highest BCUT2D eigenvalue weighted by atomic mass is 19.4. The van der Waals surface area contributed by atoms with Gasteiger partial charge in [-0.15, -0.1) is 0 Å². The first-order valence-electron chi connectivity index (χ1n) is 5.90. The minimum absolute atomic E-state index is 0.0359. The van der Waals surface area contributed by atoms with Crippen molar-refractivity contribution in [1.29, 1.82) is 0 Å². The van der Waals surface area contributed by atoms with Crippen molar-refractivity contribution in [3.05, 3.63) is 0 Å². The van der Waals surface area contributed by atoms with Crippen molar-refractivity contribution in [2.75, 3.05) is 13.1 Å². The molecule has 0 aromatic carbocycles. The van der Waals surface area contributed by atoms with Gasteiger partial charge in [0.2, 0.25) is 0 Å². The summed E-state index contributed by atoms with van der Waals surface area (Å²) in [4.78, 5) is 21.7. The molecule has 0 bridgehead atoms. The molecular formula is C11H19F3N2O3. The number of alkyl halides is 3. The lowest BCUT2D eigenvalue weighted by Crippen LogP contribution is -2.42. The molecule has 0 fully saturated rings. The van der Waals surface area contributed by atoms with E-state index in [1.54, 1.807) is 5.32 Å². The maximum atomic E-state index is 11.8. The fraction of sp³-hybridized carbons (Fsp3) is 0.818. The van der Waals surface area contributed by atoms with Crippen molar-refractivity contribution >= 4 is 12.0 Å². The normalized spacial score (nSPS) is 13.2. The number of amides is 2. The van der Waals surface area contributed by atoms with Crippen LogP contribution in [0, 0.1) is 11.8 Å². The molecule has 0 aliphatic heterocycles. The molecule has 0 rings (SSSR count). The fourth-order valence-electron chi connectivity index (χ4n) is 1.63. The van der Waals surface area contributed by atoms with Crippen molar-refractivity contribution in [2.45, 2.75) is 32.9 Å². The third-order valence-corrected chi connectivity index (χ3v) is 2.27. The second-order valence-corrected chi connectivity index (χ2v) is 4.77. The van der Waals surface area contributed by atoms with Crippen LogP contribution >= 0.6 is 0 Å². The van der Waals surface area contributed by atoms with Gasteiger partial charge in [0.1, 0.15) is 6.54 Å². The largest absolute Gasteiger partial charge is 0.481 e. The second-order valence-electron chi connectivity index (χ2n) is 4.77. The van der Waals surface area contributed by atoms with Gasteiger partial charge in [-0.05, 0) is 18.3 Å². The van der Waals surface area contributed by atoms with Gasteiger partial charge in [0.25, 0.3) is 0 Å². The van der Waals surface area contributed by atoms with Crippen LogP contribution in [0.15, 0.2) is 0 Å². The number of hydrogen-bond donors (Lipinski definition) is 3. The zero-order chi connectivity index (χ0) is 15.1. The van der Waals surface area contributed by atoms with Crippen LogP contribution in [0.2, 0.25) is 0 Å². The molecule has 112 valence electrons. The fourth-order valence-corrected chi connectivity index (χ4v) is 1.63. The van der Waals surface area contributed by atoms with Gasteiger partial charge < -0.3 is 15.7 Å². The standard InChI is InChI=1S/C11H19F3N2O3/c1-7(2)3-8(4-9(17)18)5-15-10(19)16-6-11(12,13)14/h7-8H,3-6H2,1-2H3,(H,17,18)(H2,15,16,19). The zero-order valence-corrected chi connectivity index (χ0v) is 10.9. The van der Waals surface area contributed by atoms with Gasteiger partial charge >= 0.3 is 18.2 Å². The lowest BCUT2D eigenvalue weighted by atomic mass is 9.94. The summed E-state index contributed by atoms with van der Waals surface area (Å²) in [5, 5.41) is 12.6. The Bertz CT molecular complexity index is 306. The molecular weight excluding hydrogens is 265 g/mol. The Morgan fingerprint density at radius 3 is 2.21 bits per heavy atom. The van der Waals surface area contributed by atoms with Crippen molar-refractivity contribution < 1.29 is 27.9 Å². The van der Waals surface area contributed by atoms with Gasteiger partial charge in [0.05, 0.1) is 0 Å². The number of aliphatic carboxylic acids is 1. The summed E-state index contributed by atoms with van der Waals surface area (Å²) in [6.07, 6.45) is -4.01. The van der Waals surface area contributed by atoms with E-state index in [0.717, 1.165) is 0 Å². The molecule has 1 unspecified atom stereocenters. The highest BCUT2D eigenvalue weighted by Crippen LogP contribution is 2.15. The predicted octanol–water partition coefficient (Wildman–Crippen LogP) is 1.98. The van der Waals surface area contributed by atoms with Crippen molar-refractivity contribution in [1.82, 2.24) is 10.6 Å². The quantitative estimate of drug-likeness (QED) is 0.669. The van der Waals surface area contributed by atoms with E-state index in [4.69, 9.17) is 5.11 Å². The second kappa shape index (κ2) is 7.85. The first-order valence-corrected chi connectivity index (χ1v) is 5.90. The molecule has 19 heavy (non-hydrogen) atoms. The van der Waals surface area contributed by atoms with Crippen molar-refractivity contribution in [3.63, 3.8) is 0 Å². The lowest BCUT2D eigenvalue weighted by molar-refractivity contribution is -0.138. The van der Waals surface area contributed by atoms with Crippen LogP contribution in [0.25, 0.3) is 0 Å². The van der Waals surface area contributed by atoms with Crippen LogP contribution in [-0.4, -0.2) is 36.4 Å². The number of carboxylic acids is 1. The number of carbonyl (C=O) groups excluding carboxylic acids is 1. The number of halogens is 3. The third kappa shape index (κ3) is 11.4. The summed E-state index contributed by atoms with van der Waals surface area (Å²) in [6.45, 7) is 2.43. The molecule has 8 heteroatoms. The molecule has 0 spiro atoms. The molecule has 3 N–H and O–H groups in total. The van der Waals surface area contributed by atoms with Crippen LogP contribution in [0.5, 0.6) is 0 Å². The minimum Gasteiger partial charge on any atom is -0.481 e. The highest BCUT2D eigenvalue weighted by Gasteiger charge is 2.27. The third-order valence-electron chi connectivity index (χ3n) is 2.27. The smallest absolute Gasteiger partial charge is 0.405 e. The monoisotopic (exact) mass is 284 g/mol. The number of urea groups is 1. The molecule has 0 radical (unpaired) electrons. The minimum atomic E-state index is -4.46. The Hall–Kier alpha value is -1.47. The van der Waals surface area contributed by atoms with Crippen LogP contribution < -0.4 is 10.6 Å². The SMILES string of the molecule is CC(C)CC(CNC(=O)NCC(F)(F)F)CC(=O)O. The van der Waals surface area contributed by atoms with E-state index in [0.29, 0.717) is 6.42 Å². The maximum absolute atomic E-state index is 11.8. The predicted molar refractivity (Wildman–Crippen MR) is 62.7 cm³/mol. The van der Waals surface area contributed by atoms with Crippen molar-refractivity contribution in [3.8, 4) is 0 Å². The van der Waals surface area contributed by atoms with E-state index >= 15 is 0 Å². The Morgan fingerprint density at radius 2 is 1.79 bits per heavy atom. The first-order chi connectivity index (χ1) is 8.60. The summed E-state index contributed by atoms with van der Waals surface area (Å²) >= 11 is 0. The van der Waals surface area contributed by atoms with E-state index in [2.05, 4.69) is 5.32 Å². The molecule has 0 aromatic heterocycles. The number of rotatable bonds is 7. The van der Waals surface area contributed by atoms with Gasteiger partial charge in [0.15, 0.2) is 0 Å². The average molecular weight is 284 g/mol. The first kappa shape index (κ1) is 17.5.